The lowest BCUT2D eigenvalue weighted by Gasteiger charge is -2.25. The zero-order valence-corrected chi connectivity index (χ0v) is 22.3. The number of esters is 1. The average Bonchev–Trinajstić information content (AvgIpc) is 2.82. The number of hydrogen-bond donors (Lipinski definition) is 1. The van der Waals surface area contributed by atoms with Crippen LogP contribution in [0.3, 0.4) is 0 Å². The predicted octanol–water partition coefficient (Wildman–Crippen LogP) is 4.88. The molecule has 0 spiro atoms. The second kappa shape index (κ2) is 11.3. The van der Waals surface area contributed by atoms with E-state index < -0.39 is 25.4 Å². The average molecular weight is 517 g/mol. The first-order chi connectivity index (χ1) is 16.9. The largest absolute Gasteiger partial charge is 0.468 e. The van der Waals surface area contributed by atoms with E-state index in [1.807, 2.05) is 17.0 Å². The topological polar surface area (TPSA) is 107 Å². The number of hydrogen-bond acceptors (Lipinski definition) is 8. The lowest BCUT2D eigenvalue weighted by atomic mass is 9.86. The monoisotopic (exact) mass is 516 g/mol. The molecule has 2 aromatic carbocycles. The molecule has 1 N–H and O–H groups in total. The van der Waals surface area contributed by atoms with Crippen LogP contribution in [0.2, 0.25) is 0 Å². The van der Waals surface area contributed by atoms with Crippen molar-refractivity contribution in [3.8, 4) is 5.75 Å². The van der Waals surface area contributed by atoms with Crippen LogP contribution in [-0.4, -0.2) is 39.3 Å². The molecule has 0 saturated heterocycles. The first-order valence-corrected chi connectivity index (χ1v) is 13.1. The summed E-state index contributed by atoms with van der Waals surface area (Å²) in [6, 6.07) is 14.8. The van der Waals surface area contributed by atoms with Gasteiger partial charge in [-0.1, -0.05) is 45.0 Å². The molecule has 194 valence electrons. The van der Waals surface area contributed by atoms with Crippen LogP contribution in [0.25, 0.3) is 11.0 Å². The Morgan fingerprint density at radius 1 is 1.14 bits per heavy atom. The van der Waals surface area contributed by atoms with Crippen LogP contribution in [0.4, 0.5) is 5.69 Å². The Labute approximate surface area is 210 Å². The minimum absolute atomic E-state index is 0.0256. The number of anilines is 1. The van der Waals surface area contributed by atoms with E-state index >= 15 is 0 Å². The van der Waals surface area contributed by atoms with Gasteiger partial charge < -0.3 is 18.6 Å². The quantitative estimate of drug-likeness (QED) is 0.229. The van der Waals surface area contributed by atoms with Gasteiger partial charge in [0.25, 0.3) is 0 Å². The van der Waals surface area contributed by atoms with Crippen molar-refractivity contribution in [2.45, 2.75) is 39.2 Å². The van der Waals surface area contributed by atoms with Crippen molar-refractivity contribution in [3.63, 3.8) is 0 Å². The van der Waals surface area contributed by atoms with Gasteiger partial charge in [0.1, 0.15) is 17.4 Å². The molecule has 2 atom stereocenters. The summed E-state index contributed by atoms with van der Waals surface area (Å²) in [5.74, 6) is -0.287. The van der Waals surface area contributed by atoms with Crippen molar-refractivity contribution < 1.29 is 27.6 Å². The highest BCUT2D eigenvalue weighted by atomic mass is 31.2. The number of nitrogens with zero attached hydrogens (tertiary/aromatic N) is 1. The fourth-order valence-electron chi connectivity index (χ4n) is 3.52. The summed E-state index contributed by atoms with van der Waals surface area (Å²) >= 11 is 0. The van der Waals surface area contributed by atoms with Gasteiger partial charge in [-0.3, -0.25) is 9.32 Å². The van der Waals surface area contributed by atoms with E-state index in [0.717, 1.165) is 10.9 Å². The van der Waals surface area contributed by atoms with Crippen molar-refractivity contribution in [1.29, 1.82) is 0 Å². The van der Waals surface area contributed by atoms with Crippen molar-refractivity contribution in [2.24, 2.45) is 0 Å². The van der Waals surface area contributed by atoms with Crippen LogP contribution in [-0.2, 0) is 24.0 Å². The maximum absolute atomic E-state index is 13.5. The second-order valence-corrected chi connectivity index (χ2v) is 11.1. The molecule has 1 heterocycles. The highest BCUT2D eigenvalue weighted by molar-refractivity contribution is 7.52. The van der Waals surface area contributed by atoms with Gasteiger partial charge >= 0.3 is 19.3 Å². The van der Waals surface area contributed by atoms with E-state index in [1.165, 1.54) is 20.1 Å². The standard InChI is InChI=1S/C26H33N2O7P/c1-18(25(30)32-6)27-36(31,35-20-10-8-7-9-11-20)33-15-14-28(5)22-17-24(29)34-23-13-12-19(16-21(22)23)26(2,3)4/h7-13,16-18H,14-15H2,1-6H3,(H,27,31). The van der Waals surface area contributed by atoms with Gasteiger partial charge in [0.05, 0.1) is 19.4 Å². The molecule has 36 heavy (non-hydrogen) atoms. The van der Waals surface area contributed by atoms with E-state index in [2.05, 4.69) is 25.9 Å². The molecular weight excluding hydrogens is 483 g/mol. The fraction of sp³-hybridized carbons (Fsp3) is 0.385. The fourth-order valence-corrected chi connectivity index (χ4v) is 5.00. The maximum Gasteiger partial charge on any atom is 0.459 e. The lowest BCUT2D eigenvalue weighted by Crippen LogP contribution is -2.35. The minimum atomic E-state index is -3.96. The third-order valence-electron chi connectivity index (χ3n) is 5.56. The van der Waals surface area contributed by atoms with Gasteiger partial charge in [0.15, 0.2) is 0 Å². The van der Waals surface area contributed by atoms with Gasteiger partial charge in [-0.2, -0.15) is 5.09 Å². The Morgan fingerprint density at radius 2 is 1.83 bits per heavy atom. The number of benzene rings is 2. The van der Waals surface area contributed by atoms with Gasteiger partial charge in [-0.05, 0) is 42.2 Å². The summed E-state index contributed by atoms with van der Waals surface area (Å²) < 4.78 is 34.9. The van der Waals surface area contributed by atoms with Crippen molar-refractivity contribution >= 4 is 30.4 Å². The van der Waals surface area contributed by atoms with Gasteiger partial charge in [0.2, 0.25) is 0 Å². The molecule has 0 fully saturated rings. The van der Waals surface area contributed by atoms with Crippen LogP contribution < -0.4 is 20.1 Å². The Balaban J connectivity index is 1.81. The molecule has 2 unspecified atom stereocenters. The Morgan fingerprint density at radius 3 is 2.47 bits per heavy atom. The second-order valence-electron chi connectivity index (χ2n) is 9.44. The molecule has 3 aromatic rings. The van der Waals surface area contributed by atoms with Crippen LogP contribution >= 0.6 is 7.75 Å². The molecule has 9 nitrogen and oxygen atoms in total. The number of nitrogens with one attached hydrogen (secondary N) is 1. The van der Waals surface area contributed by atoms with E-state index in [1.54, 1.807) is 43.4 Å². The predicted molar refractivity (Wildman–Crippen MR) is 140 cm³/mol. The molecule has 3 rings (SSSR count). The van der Waals surface area contributed by atoms with E-state index in [0.29, 0.717) is 17.0 Å². The summed E-state index contributed by atoms with van der Waals surface area (Å²) in [7, 11) is -0.916. The third-order valence-corrected chi connectivity index (χ3v) is 7.24. The first-order valence-electron chi connectivity index (χ1n) is 11.6. The molecule has 0 aliphatic rings. The normalized spacial score (nSPS) is 14.2. The van der Waals surface area contributed by atoms with Crippen LogP contribution in [0.15, 0.2) is 63.8 Å². The van der Waals surface area contributed by atoms with Crippen LogP contribution in [0, 0.1) is 0 Å². The summed E-state index contributed by atoms with van der Waals surface area (Å²) in [5, 5.41) is 3.40. The maximum atomic E-state index is 13.5. The molecule has 0 aliphatic heterocycles. The Bertz CT molecular complexity index is 1300. The van der Waals surface area contributed by atoms with Crippen LogP contribution in [0.5, 0.6) is 5.75 Å². The Kier molecular flexibility index (Phi) is 8.61. The number of para-hydroxylation sites is 1. The van der Waals surface area contributed by atoms with Crippen molar-refractivity contribution in [3.05, 3.63) is 70.6 Å². The third kappa shape index (κ3) is 6.97. The van der Waals surface area contributed by atoms with Crippen molar-refractivity contribution in [1.82, 2.24) is 5.09 Å². The molecule has 0 saturated carbocycles. The zero-order chi connectivity index (χ0) is 26.5. The molecule has 0 aliphatic carbocycles. The molecular formula is C26H33N2O7P. The van der Waals surface area contributed by atoms with E-state index in [9.17, 15) is 14.2 Å². The molecule has 0 bridgehead atoms. The summed E-state index contributed by atoms with van der Waals surface area (Å²) in [6.07, 6.45) is 0. The molecule has 1 aromatic heterocycles. The summed E-state index contributed by atoms with van der Waals surface area (Å²) in [5.41, 5.74) is 1.67. The van der Waals surface area contributed by atoms with Crippen molar-refractivity contribution in [2.75, 3.05) is 32.2 Å². The van der Waals surface area contributed by atoms with Gasteiger partial charge in [-0.15, -0.1) is 0 Å². The Hall–Kier alpha value is -3.13. The van der Waals surface area contributed by atoms with Gasteiger partial charge in [-0.25, -0.2) is 9.36 Å². The van der Waals surface area contributed by atoms with Gasteiger partial charge in [0, 0.05) is 25.0 Å². The van der Waals surface area contributed by atoms with Crippen LogP contribution in [0.1, 0.15) is 33.3 Å². The smallest absolute Gasteiger partial charge is 0.459 e. The highest BCUT2D eigenvalue weighted by Gasteiger charge is 2.32. The molecule has 10 heteroatoms. The number of rotatable bonds is 10. The number of likely N-dealkylation sites (N-methyl/N-ethyl adjacent to an activating group) is 1. The summed E-state index contributed by atoms with van der Waals surface area (Å²) in [6.45, 7) is 8.08. The summed E-state index contributed by atoms with van der Waals surface area (Å²) in [4.78, 5) is 25.9. The number of carbonyl (C=O) groups is 1. The highest BCUT2D eigenvalue weighted by Crippen LogP contribution is 2.44. The van der Waals surface area contributed by atoms with E-state index in [-0.39, 0.29) is 18.6 Å². The lowest BCUT2D eigenvalue weighted by molar-refractivity contribution is -0.142. The number of fused-ring (bicyclic) bond motifs is 1. The minimum Gasteiger partial charge on any atom is -0.468 e. The zero-order valence-electron chi connectivity index (χ0n) is 21.4. The van der Waals surface area contributed by atoms with E-state index in [4.69, 9.17) is 18.2 Å². The number of methoxy groups -OCH3 is 1. The number of ether oxygens (including phenoxy) is 1. The SMILES string of the molecule is COC(=O)C(C)NP(=O)(OCCN(C)c1cc(=O)oc2ccc(C(C)(C)C)cc12)Oc1ccccc1. The first kappa shape index (κ1) is 27.5. The number of carbonyl (C=O) groups excluding carboxylic acids is 1. The molecule has 0 radical (unpaired) electrons. The molecule has 0 amide bonds.